The van der Waals surface area contributed by atoms with Gasteiger partial charge in [0.15, 0.2) is 11.5 Å². The first-order valence-corrected chi connectivity index (χ1v) is 8.24. The summed E-state index contributed by atoms with van der Waals surface area (Å²) in [7, 11) is 0. The molecule has 3 nitrogen and oxygen atoms in total. The molecule has 1 heterocycles. The number of hydrogen-bond acceptors (Lipinski definition) is 3. The summed E-state index contributed by atoms with van der Waals surface area (Å²) in [4.78, 5) is 13.0. The number of halogens is 4. The fraction of sp³-hybridized carbons (Fsp3) is 0.118. The number of para-hydroxylation sites is 1. The van der Waals surface area contributed by atoms with Crippen molar-refractivity contribution < 1.29 is 25.8 Å². The number of aromatic hydroxyl groups is 1. The predicted molar refractivity (Wildman–Crippen MR) is 92.7 cm³/mol. The van der Waals surface area contributed by atoms with Crippen LogP contribution < -0.4 is 0 Å². The normalized spacial score (nSPS) is 13.0. The minimum absolute atomic E-state index is 0.0177. The van der Waals surface area contributed by atoms with Gasteiger partial charge in [0.2, 0.25) is 0 Å². The highest BCUT2D eigenvalue weighted by Gasteiger charge is 2.36. The number of fused-ring (bicyclic) bond motifs is 1. The Hall–Kier alpha value is -1.73. The van der Waals surface area contributed by atoms with E-state index in [4.69, 9.17) is 7.16 Å². The Morgan fingerprint density at radius 2 is 1.96 bits per heavy atom. The summed E-state index contributed by atoms with van der Waals surface area (Å²) in [6.07, 6.45) is 0. The van der Waals surface area contributed by atoms with Gasteiger partial charge in [0.1, 0.15) is 11.3 Å². The molecule has 0 aliphatic heterocycles. The van der Waals surface area contributed by atoms with E-state index < -0.39 is 23.0 Å². The Labute approximate surface area is 155 Å². The smallest absolute Gasteiger partial charge is 0.302 e. The number of benzene rings is 2. The molecule has 0 saturated heterocycles. The number of alkyl halides is 2. The Balaban J connectivity index is 2.34. The molecule has 7 heteroatoms. The van der Waals surface area contributed by atoms with Crippen LogP contribution in [0.4, 0.5) is 8.78 Å². The minimum atomic E-state index is -3.47. The van der Waals surface area contributed by atoms with E-state index in [1.54, 1.807) is 0 Å². The van der Waals surface area contributed by atoms with Crippen LogP contribution in [0.25, 0.3) is 11.0 Å². The van der Waals surface area contributed by atoms with Crippen molar-refractivity contribution in [3.05, 3.63) is 62.2 Å². The van der Waals surface area contributed by atoms with Crippen molar-refractivity contribution in [2.24, 2.45) is 0 Å². The second kappa shape index (κ2) is 5.97. The summed E-state index contributed by atoms with van der Waals surface area (Å²) in [5.41, 5.74) is -0.537. The first kappa shape index (κ1) is 14.6. The molecule has 124 valence electrons. The predicted octanol–water partition coefficient (Wildman–Crippen LogP) is 6.01. The van der Waals surface area contributed by atoms with Crippen molar-refractivity contribution in [2.45, 2.75) is 12.8 Å². The molecule has 24 heavy (non-hydrogen) atoms. The first-order chi connectivity index (χ1) is 12.0. The lowest BCUT2D eigenvalue weighted by atomic mass is 9.98. The van der Waals surface area contributed by atoms with E-state index in [0.29, 0.717) is 6.92 Å². The molecule has 0 saturated carbocycles. The average Bonchev–Trinajstić information content (AvgIpc) is 2.91. The van der Waals surface area contributed by atoms with Crippen molar-refractivity contribution in [1.29, 1.82) is 0 Å². The van der Waals surface area contributed by atoms with E-state index in [-0.39, 0.29) is 43.3 Å². The van der Waals surface area contributed by atoms with Crippen LogP contribution in [0.2, 0.25) is 0 Å². The zero-order valence-electron chi connectivity index (χ0n) is 14.1. The molecule has 1 aromatic heterocycles. The molecule has 1 N–H and O–H groups in total. The van der Waals surface area contributed by atoms with Gasteiger partial charge in [-0.1, -0.05) is 18.2 Å². The number of phenols is 1. The maximum Gasteiger partial charge on any atom is 0.302 e. The number of hydrogen-bond donors (Lipinski definition) is 1. The fourth-order valence-corrected chi connectivity index (χ4v) is 3.48. The lowest BCUT2D eigenvalue weighted by molar-refractivity contribution is -0.00469. The Morgan fingerprint density at radius 1 is 1.33 bits per heavy atom. The van der Waals surface area contributed by atoms with Crippen LogP contribution >= 0.6 is 31.9 Å². The quantitative estimate of drug-likeness (QED) is 0.486. The van der Waals surface area contributed by atoms with Crippen molar-refractivity contribution in [2.75, 3.05) is 0 Å². The molecular weight excluding hydrogens is 450 g/mol. The first-order valence-electron chi connectivity index (χ1n) is 7.65. The Kier molecular flexibility index (Phi) is 3.63. The molecule has 0 radical (unpaired) electrons. The van der Waals surface area contributed by atoms with E-state index >= 15 is 0 Å². The number of carbonyl (C=O) groups excluding carboxylic acids is 1. The second-order valence-corrected chi connectivity index (χ2v) is 6.86. The summed E-state index contributed by atoms with van der Waals surface area (Å²) in [5.74, 6) is -5.26. The molecular formula is C17H10Br2F2O3. The largest absolute Gasteiger partial charge is 0.506 e. The van der Waals surface area contributed by atoms with Crippen molar-refractivity contribution in [1.82, 2.24) is 0 Å². The Bertz CT molecular complexity index is 1040. The van der Waals surface area contributed by atoms with Gasteiger partial charge in [0.05, 0.1) is 17.3 Å². The third-order valence-electron chi connectivity index (χ3n) is 3.35. The van der Waals surface area contributed by atoms with Crippen molar-refractivity contribution >= 4 is 48.6 Å². The number of phenolic OH excluding ortho intramolecular Hbond substituents is 1. The van der Waals surface area contributed by atoms with E-state index in [1.165, 1.54) is 18.2 Å². The molecule has 0 spiro atoms. The summed E-state index contributed by atoms with van der Waals surface area (Å²) in [5, 5.41) is 9.70. The van der Waals surface area contributed by atoms with Crippen LogP contribution in [0.5, 0.6) is 5.75 Å². The summed E-state index contributed by atoms with van der Waals surface area (Å²) in [6.45, 7) is 0.593. The minimum Gasteiger partial charge on any atom is -0.506 e. The van der Waals surface area contributed by atoms with Crippen molar-refractivity contribution in [3.63, 3.8) is 0 Å². The van der Waals surface area contributed by atoms with Crippen molar-refractivity contribution in [3.8, 4) is 5.75 Å². The van der Waals surface area contributed by atoms with Gasteiger partial charge < -0.3 is 9.52 Å². The van der Waals surface area contributed by atoms with Gasteiger partial charge in [-0.3, -0.25) is 4.79 Å². The highest BCUT2D eigenvalue weighted by atomic mass is 79.9. The van der Waals surface area contributed by atoms with E-state index in [9.17, 15) is 18.7 Å². The third kappa shape index (κ3) is 2.86. The zero-order chi connectivity index (χ0) is 19.4. The highest BCUT2D eigenvalue weighted by molar-refractivity contribution is 9.11. The summed E-state index contributed by atoms with van der Waals surface area (Å²) >= 11 is 6.19. The summed E-state index contributed by atoms with van der Waals surface area (Å²) in [6, 6.07) is 4.57. The van der Waals surface area contributed by atoms with Gasteiger partial charge in [0, 0.05) is 17.9 Å². The number of ketones is 1. The number of carbonyl (C=O) groups is 1. The summed E-state index contributed by atoms with van der Waals surface area (Å²) < 4.78 is 49.3. The van der Waals surface area contributed by atoms with Crippen LogP contribution in [0, 0.1) is 0 Å². The molecule has 0 aliphatic carbocycles. The molecule has 0 fully saturated rings. The standard InChI is InChI=1S/C17H10Br2F2O3/c1-17(20,21)16-13(9-4-2-3-5-12(9)24-16)14(22)8-6-10(18)15(23)11(19)7-8/h2-7,23H,1H3/i3D,4D. The van der Waals surface area contributed by atoms with Crippen LogP contribution in [0.1, 0.15) is 31.3 Å². The molecule has 3 rings (SSSR count). The highest BCUT2D eigenvalue weighted by Crippen LogP contribution is 2.39. The average molecular weight is 462 g/mol. The van der Waals surface area contributed by atoms with E-state index in [1.807, 2.05) is 0 Å². The number of furan rings is 1. The molecule has 0 amide bonds. The maximum atomic E-state index is 14.1. The molecule has 0 bridgehead atoms. The lowest BCUT2D eigenvalue weighted by Crippen LogP contribution is -2.13. The topological polar surface area (TPSA) is 50.4 Å². The lowest BCUT2D eigenvalue weighted by Gasteiger charge is -2.10. The SMILES string of the molecule is [2H]c1cc([2H])c2c(C(=O)c3cc(Br)c(O)c(Br)c3)c(C(C)(F)F)oc2c1. The van der Waals surface area contributed by atoms with Crippen LogP contribution in [-0.2, 0) is 5.92 Å². The maximum absolute atomic E-state index is 14.1. The van der Waals surface area contributed by atoms with Gasteiger partial charge in [-0.05, 0) is 50.1 Å². The van der Waals surface area contributed by atoms with Crippen LogP contribution in [0.15, 0.2) is 49.7 Å². The molecule has 0 unspecified atom stereocenters. The molecule has 2 aromatic carbocycles. The second-order valence-electron chi connectivity index (χ2n) is 5.15. The monoisotopic (exact) mass is 460 g/mol. The molecule has 0 atom stereocenters. The van der Waals surface area contributed by atoms with Gasteiger partial charge in [-0.15, -0.1) is 0 Å². The van der Waals surface area contributed by atoms with Crippen LogP contribution in [0.3, 0.4) is 0 Å². The fourth-order valence-electron chi connectivity index (χ4n) is 2.29. The van der Waals surface area contributed by atoms with Crippen LogP contribution in [-0.4, -0.2) is 10.9 Å². The zero-order valence-corrected chi connectivity index (χ0v) is 15.3. The van der Waals surface area contributed by atoms with Gasteiger partial charge in [0.25, 0.3) is 0 Å². The molecule has 0 aliphatic rings. The van der Waals surface area contributed by atoms with Gasteiger partial charge in [-0.25, -0.2) is 0 Å². The van der Waals surface area contributed by atoms with E-state index in [0.717, 1.165) is 6.07 Å². The number of rotatable bonds is 3. The van der Waals surface area contributed by atoms with E-state index in [2.05, 4.69) is 31.9 Å². The third-order valence-corrected chi connectivity index (χ3v) is 4.56. The molecule has 3 aromatic rings. The van der Waals surface area contributed by atoms with Gasteiger partial charge >= 0.3 is 5.92 Å². The van der Waals surface area contributed by atoms with Gasteiger partial charge in [-0.2, -0.15) is 8.78 Å². The Morgan fingerprint density at radius 3 is 2.54 bits per heavy atom.